The van der Waals surface area contributed by atoms with Crippen molar-refractivity contribution < 1.29 is 4.79 Å². The van der Waals surface area contributed by atoms with Gasteiger partial charge in [-0.2, -0.15) is 0 Å². The van der Waals surface area contributed by atoms with Crippen LogP contribution in [0.5, 0.6) is 0 Å². The van der Waals surface area contributed by atoms with Crippen LogP contribution < -0.4 is 11.1 Å². The van der Waals surface area contributed by atoms with Crippen LogP contribution in [0.25, 0.3) is 11.4 Å². The summed E-state index contributed by atoms with van der Waals surface area (Å²) in [6, 6.07) is 7.04. The first-order valence-electron chi connectivity index (χ1n) is 6.72. The maximum atomic E-state index is 12.0. The van der Waals surface area contributed by atoms with Gasteiger partial charge < -0.3 is 16.0 Å². The zero-order valence-electron chi connectivity index (χ0n) is 11.8. The monoisotopic (exact) mass is 272 g/mol. The topological polar surface area (TPSA) is 83.8 Å². The summed E-state index contributed by atoms with van der Waals surface area (Å²) >= 11 is 0. The SMILES string of the molecule is CC(C)C[C@H](N)C(=O)Nc1cccc(-c2ncc[nH]2)c1. The van der Waals surface area contributed by atoms with Gasteiger partial charge in [0.1, 0.15) is 5.82 Å². The van der Waals surface area contributed by atoms with E-state index in [0.29, 0.717) is 12.3 Å². The van der Waals surface area contributed by atoms with Crippen molar-refractivity contribution in [3.63, 3.8) is 0 Å². The molecular formula is C15H20N4O. The molecule has 0 aliphatic rings. The molecule has 2 rings (SSSR count). The third kappa shape index (κ3) is 3.68. The summed E-state index contributed by atoms with van der Waals surface area (Å²) < 4.78 is 0. The van der Waals surface area contributed by atoms with E-state index in [1.165, 1.54) is 0 Å². The molecule has 1 amide bonds. The lowest BCUT2D eigenvalue weighted by Gasteiger charge is -2.14. The van der Waals surface area contributed by atoms with Gasteiger partial charge in [0.15, 0.2) is 0 Å². The summed E-state index contributed by atoms with van der Waals surface area (Å²) in [7, 11) is 0. The van der Waals surface area contributed by atoms with E-state index in [0.717, 1.165) is 17.1 Å². The fraction of sp³-hybridized carbons (Fsp3) is 0.333. The molecule has 1 aromatic heterocycles. The molecular weight excluding hydrogens is 252 g/mol. The average Bonchev–Trinajstić information content (AvgIpc) is 2.92. The van der Waals surface area contributed by atoms with Gasteiger partial charge in [0.25, 0.3) is 0 Å². The molecule has 0 saturated heterocycles. The number of nitrogens with zero attached hydrogens (tertiary/aromatic N) is 1. The number of H-pyrrole nitrogens is 1. The Morgan fingerprint density at radius 2 is 2.25 bits per heavy atom. The van der Waals surface area contributed by atoms with Crippen molar-refractivity contribution in [1.29, 1.82) is 0 Å². The lowest BCUT2D eigenvalue weighted by Crippen LogP contribution is -2.36. The number of carbonyl (C=O) groups excluding carboxylic acids is 1. The predicted octanol–water partition coefficient (Wildman–Crippen LogP) is 2.39. The number of rotatable bonds is 5. The molecule has 0 unspecified atom stereocenters. The second kappa shape index (κ2) is 6.34. The molecule has 1 aromatic carbocycles. The number of benzene rings is 1. The first kappa shape index (κ1) is 14.3. The predicted molar refractivity (Wildman–Crippen MR) is 80.1 cm³/mol. The molecule has 5 nitrogen and oxygen atoms in total. The molecule has 0 bridgehead atoms. The second-order valence-corrected chi connectivity index (χ2v) is 5.24. The van der Waals surface area contributed by atoms with E-state index in [9.17, 15) is 4.79 Å². The summed E-state index contributed by atoms with van der Waals surface area (Å²) in [5, 5.41) is 2.84. The lowest BCUT2D eigenvalue weighted by molar-refractivity contribution is -0.117. The smallest absolute Gasteiger partial charge is 0.241 e. The molecule has 20 heavy (non-hydrogen) atoms. The lowest BCUT2D eigenvalue weighted by atomic mass is 10.0. The van der Waals surface area contributed by atoms with Crippen molar-refractivity contribution >= 4 is 11.6 Å². The Hall–Kier alpha value is -2.14. The molecule has 5 heteroatoms. The van der Waals surface area contributed by atoms with Crippen LogP contribution in [-0.4, -0.2) is 21.9 Å². The highest BCUT2D eigenvalue weighted by atomic mass is 16.2. The molecule has 1 atom stereocenters. The molecule has 0 radical (unpaired) electrons. The van der Waals surface area contributed by atoms with Crippen LogP contribution in [-0.2, 0) is 4.79 Å². The van der Waals surface area contributed by atoms with Crippen LogP contribution in [0.3, 0.4) is 0 Å². The summed E-state index contributed by atoms with van der Waals surface area (Å²) in [6.07, 6.45) is 4.13. The van der Waals surface area contributed by atoms with Gasteiger partial charge in [0, 0.05) is 23.6 Å². The number of aromatic amines is 1. The second-order valence-electron chi connectivity index (χ2n) is 5.24. The molecule has 0 saturated carbocycles. The van der Waals surface area contributed by atoms with E-state index in [-0.39, 0.29) is 5.91 Å². The van der Waals surface area contributed by atoms with Gasteiger partial charge in [0.05, 0.1) is 6.04 Å². The Kier molecular flexibility index (Phi) is 4.53. The van der Waals surface area contributed by atoms with Gasteiger partial charge in [-0.25, -0.2) is 4.98 Å². The first-order chi connectivity index (χ1) is 9.56. The highest BCUT2D eigenvalue weighted by Gasteiger charge is 2.15. The van der Waals surface area contributed by atoms with Crippen molar-refractivity contribution in [2.45, 2.75) is 26.3 Å². The molecule has 4 N–H and O–H groups in total. The molecule has 0 spiro atoms. The van der Waals surface area contributed by atoms with Crippen LogP contribution in [0.4, 0.5) is 5.69 Å². The molecule has 0 aliphatic carbocycles. The molecule has 2 aromatic rings. The maximum absolute atomic E-state index is 12.0. The van der Waals surface area contributed by atoms with Crippen molar-refractivity contribution in [1.82, 2.24) is 9.97 Å². The van der Waals surface area contributed by atoms with Crippen molar-refractivity contribution in [3.05, 3.63) is 36.7 Å². The van der Waals surface area contributed by atoms with Crippen LogP contribution in [0.2, 0.25) is 0 Å². The zero-order valence-corrected chi connectivity index (χ0v) is 11.8. The number of nitrogens with one attached hydrogen (secondary N) is 2. The zero-order chi connectivity index (χ0) is 14.5. The van der Waals surface area contributed by atoms with Crippen molar-refractivity contribution in [3.8, 4) is 11.4 Å². The number of aromatic nitrogens is 2. The van der Waals surface area contributed by atoms with E-state index in [4.69, 9.17) is 5.73 Å². The Bertz CT molecular complexity index is 563. The standard InChI is InChI=1S/C15H20N4O/c1-10(2)8-13(16)15(20)19-12-5-3-4-11(9-12)14-17-6-7-18-14/h3-7,9-10,13H,8,16H2,1-2H3,(H,17,18)(H,19,20)/t13-/m0/s1. The Balaban J connectivity index is 2.07. The normalized spacial score (nSPS) is 12.4. The summed E-state index contributed by atoms with van der Waals surface area (Å²) in [6.45, 7) is 4.09. The summed E-state index contributed by atoms with van der Waals surface area (Å²) in [5.74, 6) is 1.01. The number of hydrogen-bond acceptors (Lipinski definition) is 3. The minimum absolute atomic E-state index is 0.157. The van der Waals surface area contributed by atoms with Crippen LogP contribution >= 0.6 is 0 Å². The van der Waals surface area contributed by atoms with E-state index in [1.54, 1.807) is 12.4 Å². The fourth-order valence-corrected chi connectivity index (χ4v) is 2.02. The summed E-state index contributed by atoms with van der Waals surface area (Å²) in [4.78, 5) is 19.2. The number of imidazole rings is 1. The number of amides is 1. The minimum atomic E-state index is -0.484. The fourth-order valence-electron chi connectivity index (χ4n) is 2.02. The molecule has 0 fully saturated rings. The van der Waals surface area contributed by atoms with Crippen LogP contribution in [0.15, 0.2) is 36.7 Å². The Morgan fingerprint density at radius 3 is 2.90 bits per heavy atom. The Morgan fingerprint density at radius 1 is 1.45 bits per heavy atom. The molecule has 106 valence electrons. The number of anilines is 1. The first-order valence-corrected chi connectivity index (χ1v) is 6.72. The summed E-state index contributed by atoms with van der Waals surface area (Å²) in [5.41, 5.74) is 7.51. The third-order valence-electron chi connectivity index (χ3n) is 2.96. The van der Waals surface area contributed by atoms with E-state index < -0.39 is 6.04 Å². The number of hydrogen-bond donors (Lipinski definition) is 3. The highest BCUT2D eigenvalue weighted by Crippen LogP contribution is 2.19. The van der Waals surface area contributed by atoms with Gasteiger partial charge in [-0.15, -0.1) is 0 Å². The van der Waals surface area contributed by atoms with Gasteiger partial charge in [-0.05, 0) is 24.5 Å². The largest absolute Gasteiger partial charge is 0.345 e. The average molecular weight is 272 g/mol. The van der Waals surface area contributed by atoms with Gasteiger partial charge in [-0.1, -0.05) is 26.0 Å². The van der Waals surface area contributed by atoms with Crippen molar-refractivity contribution in [2.24, 2.45) is 11.7 Å². The van der Waals surface area contributed by atoms with E-state index in [2.05, 4.69) is 15.3 Å². The number of carbonyl (C=O) groups is 1. The van der Waals surface area contributed by atoms with Crippen LogP contribution in [0.1, 0.15) is 20.3 Å². The van der Waals surface area contributed by atoms with Crippen molar-refractivity contribution in [2.75, 3.05) is 5.32 Å². The minimum Gasteiger partial charge on any atom is -0.345 e. The van der Waals surface area contributed by atoms with Crippen LogP contribution in [0, 0.1) is 5.92 Å². The van der Waals surface area contributed by atoms with Gasteiger partial charge in [-0.3, -0.25) is 4.79 Å². The van der Waals surface area contributed by atoms with E-state index in [1.807, 2.05) is 38.1 Å². The number of nitrogens with two attached hydrogens (primary N) is 1. The third-order valence-corrected chi connectivity index (χ3v) is 2.96. The Labute approximate surface area is 118 Å². The van der Waals surface area contributed by atoms with Gasteiger partial charge >= 0.3 is 0 Å². The maximum Gasteiger partial charge on any atom is 0.241 e. The van der Waals surface area contributed by atoms with Gasteiger partial charge in [0.2, 0.25) is 5.91 Å². The van der Waals surface area contributed by atoms with E-state index >= 15 is 0 Å². The molecule has 0 aliphatic heterocycles. The quantitative estimate of drug-likeness (QED) is 0.781. The highest BCUT2D eigenvalue weighted by molar-refractivity contribution is 5.95. The molecule has 1 heterocycles.